The third-order valence-electron chi connectivity index (χ3n) is 4.89. The van der Waals surface area contributed by atoms with Crippen LogP contribution < -0.4 is 16.0 Å². The average molecular weight is 525 g/mol. The van der Waals surface area contributed by atoms with E-state index in [1.807, 2.05) is 0 Å². The van der Waals surface area contributed by atoms with Crippen molar-refractivity contribution in [1.29, 1.82) is 0 Å². The second kappa shape index (κ2) is 10.7. The number of amides is 3. The van der Waals surface area contributed by atoms with Crippen molar-refractivity contribution in [3.63, 3.8) is 0 Å². The Balaban J connectivity index is 1.63. The molecule has 3 aromatic rings. The zero-order valence-corrected chi connectivity index (χ0v) is 19.6. The van der Waals surface area contributed by atoms with Gasteiger partial charge in [0.05, 0.1) is 22.5 Å². The lowest BCUT2D eigenvalue weighted by molar-refractivity contribution is -0.140. The molecule has 2 aromatic carbocycles. The summed E-state index contributed by atoms with van der Waals surface area (Å²) in [6.45, 7) is 3.29. The number of carbonyl (C=O) groups is 3. The highest BCUT2D eigenvalue weighted by atomic mass is 35.5. The van der Waals surface area contributed by atoms with E-state index in [4.69, 9.17) is 16.0 Å². The Bertz CT molecular complexity index is 1280. The van der Waals surface area contributed by atoms with Crippen LogP contribution in [0.5, 0.6) is 0 Å². The van der Waals surface area contributed by atoms with E-state index in [1.165, 1.54) is 18.3 Å². The quantitative estimate of drug-likeness (QED) is 0.322. The van der Waals surface area contributed by atoms with Gasteiger partial charge in [-0.3, -0.25) is 4.79 Å². The molecule has 36 heavy (non-hydrogen) atoms. The van der Waals surface area contributed by atoms with E-state index >= 15 is 0 Å². The number of aliphatic carboxylic acids is 1. The largest absolute Gasteiger partial charge is 0.480 e. The van der Waals surface area contributed by atoms with Gasteiger partial charge in [-0.25, -0.2) is 14.6 Å². The fourth-order valence-corrected chi connectivity index (χ4v) is 3.25. The summed E-state index contributed by atoms with van der Waals surface area (Å²) in [5, 5.41) is 16.1. The number of urea groups is 1. The first-order valence-electron chi connectivity index (χ1n) is 10.4. The molecule has 1 heterocycles. The number of benzene rings is 2. The Morgan fingerprint density at radius 3 is 2.28 bits per heavy atom. The van der Waals surface area contributed by atoms with Crippen molar-refractivity contribution in [2.24, 2.45) is 5.92 Å². The Morgan fingerprint density at radius 1 is 1.06 bits per heavy atom. The van der Waals surface area contributed by atoms with Crippen molar-refractivity contribution in [3.05, 3.63) is 65.1 Å². The third kappa shape index (κ3) is 6.54. The molecule has 0 aliphatic carbocycles. The molecule has 13 heteroatoms. The lowest BCUT2D eigenvalue weighted by atomic mass is 10.1. The highest BCUT2D eigenvalue weighted by Gasteiger charge is 2.31. The molecule has 4 N–H and O–H groups in total. The van der Waals surface area contributed by atoms with Gasteiger partial charge in [0.15, 0.2) is 5.76 Å². The van der Waals surface area contributed by atoms with E-state index < -0.39 is 35.7 Å². The van der Waals surface area contributed by atoms with Crippen LogP contribution in [0.3, 0.4) is 0 Å². The van der Waals surface area contributed by atoms with Crippen molar-refractivity contribution >= 4 is 40.9 Å². The maximum Gasteiger partial charge on any atom is 0.416 e. The fourth-order valence-electron chi connectivity index (χ4n) is 3.02. The van der Waals surface area contributed by atoms with E-state index in [0.29, 0.717) is 17.3 Å². The summed E-state index contributed by atoms with van der Waals surface area (Å²) in [5.41, 5.74) is -0.0903. The Morgan fingerprint density at radius 2 is 1.72 bits per heavy atom. The summed E-state index contributed by atoms with van der Waals surface area (Å²) >= 11 is 5.84. The minimum atomic E-state index is -4.56. The van der Waals surface area contributed by atoms with Crippen LogP contribution in [0, 0.1) is 5.92 Å². The van der Waals surface area contributed by atoms with Crippen LogP contribution in [0.1, 0.15) is 30.1 Å². The molecule has 0 saturated carbocycles. The van der Waals surface area contributed by atoms with Gasteiger partial charge in [-0.1, -0.05) is 25.4 Å². The number of hydrogen-bond donors (Lipinski definition) is 4. The number of oxazole rings is 1. The van der Waals surface area contributed by atoms with Gasteiger partial charge in [0.25, 0.3) is 5.89 Å². The van der Waals surface area contributed by atoms with Crippen molar-refractivity contribution in [2.45, 2.75) is 26.1 Å². The highest BCUT2D eigenvalue weighted by Crippen LogP contribution is 2.33. The number of carbonyl (C=O) groups excluding carboxylic acids is 2. The second-order valence-corrected chi connectivity index (χ2v) is 8.32. The van der Waals surface area contributed by atoms with E-state index in [1.54, 1.807) is 26.0 Å². The Kier molecular flexibility index (Phi) is 7.88. The number of rotatable bonds is 7. The second-order valence-electron chi connectivity index (χ2n) is 7.91. The summed E-state index contributed by atoms with van der Waals surface area (Å²) in [4.78, 5) is 39.6. The normalized spacial score (nSPS) is 12.2. The summed E-state index contributed by atoms with van der Waals surface area (Å²) < 4.78 is 43.7. The van der Waals surface area contributed by atoms with Crippen molar-refractivity contribution in [3.8, 4) is 11.3 Å². The molecule has 0 fully saturated rings. The number of alkyl halides is 3. The molecule has 0 aliphatic heterocycles. The monoisotopic (exact) mass is 524 g/mol. The fraction of sp³-hybridized carbons (Fsp3) is 0.217. The van der Waals surface area contributed by atoms with E-state index in [-0.39, 0.29) is 28.3 Å². The minimum absolute atomic E-state index is 0.00569. The van der Waals surface area contributed by atoms with Gasteiger partial charge in [-0.15, -0.1) is 0 Å². The van der Waals surface area contributed by atoms with E-state index in [0.717, 1.165) is 12.1 Å². The maximum atomic E-state index is 12.7. The van der Waals surface area contributed by atoms with Crippen LogP contribution in [0.4, 0.5) is 29.3 Å². The number of hydrogen-bond acceptors (Lipinski definition) is 5. The number of anilines is 2. The first kappa shape index (κ1) is 26.5. The van der Waals surface area contributed by atoms with Gasteiger partial charge in [-0.2, -0.15) is 13.2 Å². The summed E-state index contributed by atoms with van der Waals surface area (Å²) in [6.07, 6.45) is -3.27. The molecule has 0 bridgehead atoms. The molecule has 3 rings (SSSR count). The molecular formula is C23H20ClF3N4O5. The zero-order valence-electron chi connectivity index (χ0n) is 18.8. The molecule has 190 valence electrons. The van der Waals surface area contributed by atoms with Gasteiger partial charge in [0, 0.05) is 11.3 Å². The average Bonchev–Trinajstić information content (AvgIpc) is 3.28. The van der Waals surface area contributed by atoms with E-state index in [9.17, 15) is 32.7 Å². The molecule has 1 aromatic heterocycles. The first-order valence-corrected chi connectivity index (χ1v) is 10.8. The molecule has 1 atom stereocenters. The lowest BCUT2D eigenvalue weighted by Crippen LogP contribution is -2.44. The van der Waals surface area contributed by atoms with Crippen molar-refractivity contribution in [1.82, 2.24) is 10.3 Å². The SMILES string of the molecule is CC(C)C(NC(=O)c1ncc(-c2ccc(NC(=O)Nc3ccc(C(F)(F)F)cc3Cl)cc2)o1)C(=O)O. The summed E-state index contributed by atoms with van der Waals surface area (Å²) in [6, 6.07) is 6.88. The van der Waals surface area contributed by atoms with Gasteiger partial charge in [-0.05, 0) is 48.4 Å². The number of nitrogens with one attached hydrogen (secondary N) is 3. The number of carboxylic acid groups (broad SMARTS) is 1. The molecule has 1 unspecified atom stereocenters. The number of aromatic nitrogens is 1. The molecule has 0 spiro atoms. The zero-order chi connectivity index (χ0) is 26.6. The Hall–Kier alpha value is -4.06. The molecule has 0 aliphatic rings. The summed E-state index contributed by atoms with van der Waals surface area (Å²) in [5.74, 6) is -2.40. The van der Waals surface area contributed by atoms with Crippen LogP contribution in [-0.2, 0) is 11.0 Å². The molecule has 0 saturated heterocycles. The molecule has 0 radical (unpaired) electrons. The smallest absolute Gasteiger partial charge is 0.416 e. The highest BCUT2D eigenvalue weighted by molar-refractivity contribution is 6.33. The maximum absolute atomic E-state index is 12.7. The lowest BCUT2D eigenvalue weighted by Gasteiger charge is -2.16. The number of halogens is 4. The van der Waals surface area contributed by atoms with Crippen LogP contribution >= 0.6 is 11.6 Å². The molecule has 9 nitrogen and oxygen atoms in total. The van der Waals surface area contributed by atoms with Crippen LogP contribution in [0.2, 0.25) is 5.02 Å². The van der Waals surface area contributed by atoms with Crippen LogP contribution in [-0.4, -0.2) is 34.0 Å². The topological polar surface area (TPSA) is 134 Å². The standard InChI is InChI=1S/C23H20ClF3N4O5/c1-11(2)18(21(33)34)31-19(32)20-28-10-17(36-20)12-3-6-14(7-4-12)29-22(35)30-16-8-5-13(9-15(16)24)23(25,26)27/h3-11,18H,1-2H3,(H,31,32)(H,33,34)(H2,29,30,35). The predicted octanol–water partition coefficient (Wildman–Crippen LogP) is 5.50. The van der Waals surface area contributed by atoms with Crippen molar-refractivity contribution < 1.29 is 37.1 Å². The molecular weight excluding hydrogens is 505 g/mol. The summed E-state index contributed by atoms with van der Waals surface area (Å²) in [7, 11) is 0. The van der Waals surface area contributed by atoms with Crippen LogP contribution in [0.15, 0.2) is 53.1 Å². The minimum Gasteiger partial charge on any atom is -0.480 e. The van der Waals surface area contributed by atoms with Gasteiger partial charge in [0.2, 0.25) is 0 Å². The van der Waals surface area contributed by atoms with Gasteiger partial charge < -0.3 is 25.5 Å². The number of nitrogens with zero attached hydrogens (tertiary/aromatic N) is 1. The third-order valence-corrected chi connectivity index (χ3v) is 5.20. The van der Waals surface area contributed by atoms with Crippen molar-refractivity contribution in [2.75, 3.05) is 10.6 Å². The Labute approximate surface area is 207 Å². The van der Waals surface area contributed by atoms with Gasteiger partial charge >= 0.3 is 24.1 Å². The molecule has 3 amide bonds. The predicted molar refractivity (Wildman–Crippen MR) is 125 cm³/mol. The number of carboxylic acids is 1. The first-order chi connectivity index (χ1) is 16.8. The van der Waals surface area contributed by atoms with Crippen LogP contribution in [0.25, 0.3) is 11.3 Å². The van der Waals surface area contributed by atoms with E-state index in [2.05, 4.69) is 20.9 Å². The van der Waals surface area contributed by atoms with Gasteiger partial charge in [0.1, 0.15) is 6.04 Å².